The molecule has 1 fully saturated rings. The monoisotopic (exact) mass is 429 g/mol. The first-order valence-electron chi connectivity index (χ1n) is 8.91. The first kappa shape index (κ1) is 21.0. The van der Waals surface area contributed by atoms with E-state index in [0.29, 0.717) is 5.96 Å². The Morgan fingerprint density at radius 3 is 2.62 bits per heavy atom. The first-order chi connectivity index (χ1) is 13.9. The highest BCUT2D eigenvalue weighted by Gasteiger charge is 2.29. The van der Waals surface area contributed by atoms with Crippen LogP contribution in [0.5, 0.6) is 11.5 Å². The molecule has 1 aliphatic rings. The predicted octanol–water partition coefficient (Wildman–Crippen LogP) is 2.73. The number of hydrogen-bond donors (Lipinski definition) is 1. The van der Waals surface area contributed by atoms with Crippen LogP contribution in [0.3, 0.4) is 0 Å². The average Bonchev–Trinajstić information content (AvgIpc) is 3.25. The number of thiazole rings is 1. The number of methoxy groups -OCH3 is 1. The lowest BCUT2D eigenvalue weighted by atomic mass is 10.2. The van der Waals surface area contributed by atoms with Crippen molar-refractivity contribution in [2.24, 2.45) is 10.7 Å². The second-order valence-electron chi connectivity index (χ2n) is 6.35. The van der Waals surface area contributed by atoms with E-state index in [0.717, 1.165) is 36.9 Å². The maximum absolute atomic E-state index is 12.3. The molecule has 2 heterocycles. The van der Waals surface area contributed by atoms with Gasteiger partial charge in [-0.15, -0.1) is 11.3 Å². The number of benzene rings is 1. The van der Waals surface area contributed by atoms with Gasteiger partial charge in [0.1, 0.15) is 0 Å². The molecule has 0 saturated carbocycles. The van der Waals surface area contributed by atoms with E-state index in [9.17, 15) is 13.2 Å². The molecule has 1 saturated heterocycles. The van der Waals surface area contributed by atoms with Gasteiger partial charge in [-0.05, 0) is 17.7 Å². The minimum atomic E-state index is -4.41. The van der Waals surface area contributed by atoms with Crippen LogP contribution >= 0.6 is 11.3 Å². The van der Waals surface area contributed by atoms with Crippen LogP contribution in [0, 0.1) is 0 Å². The number of guanidine groups is 1. The number of alkyl halides is 3. The van der Waals surface area contributed by atoms with E-state index < -0.39 is 12.8 Å². The molecule has 0 radical (unpaired) electrons. The molecule has 0 unspecified atom stereocenters. The number of rotatable bonds is 6. The Labute approximate surface area is 170 Å². The van der Waals surface area contributed by atoms with E-state index >= 15 is 0 Å². The second kappa shape index (κ2) is 9.21. The zero-order chi connectivity index (χ0) is 20.9. The van der Waals surface area contributed by atoms with Crippen molar-refractivity contribution in [2.45, 2.75) is 12.7 Å². The van der Waals surface area contributed by atoms with Crippen LogP contribution in [0.4, 0.5) is 18.3 Å². The van der Waals surface area contributed by atoms with Gasteiger partial charge >= 0.3 is 6.18 Å². The zero-order valence-corrected chi connectivity index (χ0v) is 16.7. The van der Waals surface area contributed by atoms with Crippen molar-refractivity contribution in [2.75, 3.05) is 44.8 Å². The van der Waals surface area contributed by atoms with Crippen LogP contribution in [-0.4, -0.2) is 61.9 Å². The van der Waals surface area contributed by atoms with E-state index in [2.05, 4.69) is 14.9 Å². The number of hydrogen-bond acceptors (Lipinski definition) is 6. The van der Waals surface area contributed by atoms with Crippen molar-refractivity contribution in [1.29, 1.82) is 0 Å². The maximum Gasteiger partial charge on any atom is 0.422 e. The standard InChI is InChI=1S/C18H22F3N5O2S/c1-27-15-10-13(2-3-14(15)28-12-18(19,20)21)11-24-16(22)25-5-7-26(8-6-25)17-23-4-9-29-17/h2-4,9-10H,5-8,11-12H2,1H3,(H2,22,24). The van der Waals surface area contributed by atoms with Crippen LogP contribution in [0.2, 0.25) is 0 Å². The summed E-state index contributed by atoms with van der Waals surface area (Å²) in [5, 5.41) is 2.95. The largest absolute Gasteiger partial charge is 0.493 e. The fraction of sp³-hybridized carbons (Fsp3) is 0.444. The van der Waals surface area contributed by atoms with Crippen LogP contribution in [0.1, 0.15) is 5.56 Å². The molecular formula is C18H22F3N5O2S. The summed E-state index contributed by atoms with van der Waals surface area (Å²) in [5.74, 6) is 0.682. The molecule has 158 valence electrons. The number of aromatic nitrogens is 1. The van der Waals surface area contributed by atoms with E-state index in [1.54, 1.807) is 29.7 Å². The van der Waals surface area contributed by atoms with E-state index in [1.165, 1.54) is 13.2 Å². The van der Waals surface area contributed by atoms with Gasteiger partial charge in [0, 0.05) is 37.8 Å². The molecule has 2 aromatic rings. The molecule has 1 aliphatic heterocycles. The molecule has 1 aromatic carbocycles. The van der Waals surface area contributed by atoms with Crippen molar-refractivity contribution in [3.8, 4) is 11.5 Å². The van der Waals surface area contributed by atoms with Crippen molar-refractivity contribution < 1.29 is 22.6 Å². The first-order valence-corrected chi connectivity index (χ1v) is 9.79. The Morgan fingerprint density at radius 1 is 1.24 bits per heavy atom. The van der Waals surface area contributed by atoms with Gasteiger partial charge < -0.3 is 25.0 Å². The van der Waals surface area contributed by atoms with Crippen molar-refractivity contribution in [3.63, 3.8) is 0 Å². The van der Waals surface area contributed by atoms with Gasteiger partial charge in [-0.1, -0.05) is 6.07 Å². The van der Waals surface area contributed by atoms with E-state index in [4.69, 9.17) is 15.2 Å². The van der Waals surface area contributed by atoms with E-state index in [1.807, 2.05) is 10.3 Å². The third-order valence-electron chi connectivity index (χ3n) is 4.34. The molecule has 1 aromatic heterocycles. The molecule has 0 aliphatic carbocycles. The summed E-state index contributed by atoms with van der Waals surface area (Å²) < 4.78 is 46.9. The Hall–Kier alpha value is -2.69. The third-order valence-corrected chi connectivity index (χ3v) is 5.17. The fourth-order valence-corrected chi connectivity index (χ4v) is 3.56. The Morgan fingerprint density at radius 2 is 2.00 bits per heavy atom. The Kier molecular flexibility index (Phi) is 6.68. The summed E-state index contributed by atoms with van der Waals surface area (Å²) >= 11 is 1.61. The molecule has 2 N–H and O–H groups in total. The molecule has 3 rings (SSSR count). The average molecular weight is 429 g/mol. The fourth-order valence-electron chi connectivity index (χ4n) is 2.86. The lowest BCUT2D eigenvalue weighted by Crippen LogP contribution is -2.51. The molecule has 0 atom stereocenters. The van der Waals surface area contributed by atoms with Crippen molar-refractivity contribution in [3.05, 3.63) is 35.3 Å². The summed E-state index contributed by atoms with van der Waals surface area (Å²) in [7, 11) is 1.37. The highest BCUT2D eigenvalue weighted by molar-refractivity contribution is 7.13. The highest BCUT2D eigenvalue weighted by atomic mass is 32.1. The minimum absolute atomic E-state index is 0.0313. The lowest BCUT2D eigenvalue weighted by molar-refractivity contribution is -0.153. The van der Waals surface area contributed by atoms with Crippen molar-refractivity contribution >= 4 is 22.4 Å². The van der Waals surface area contributed by atoms with Gasteiger partial charge in [0.05, 0.1) is 13.7 Å². The Bertz CT molecular complexity index is 821. The minimum Gasteiger partial charge on any atom is -0.493 e. The van der Waals surface area contributed by atoms with Gasteiger partial charge in [0.15, 0.2) is 29.2 Å². The third kappa shape index (κ3) is 5.89. The molecule has 7 nitrogen and oxygen atoms in total. The SMILES string of the molecule is COc1cc(CN=C(N)N2CCN(c3nccs3)CC2)ccc1OCC(F)(F)F. The maximum atomic E-state index is 12.3. The molecule has 0 bridgehead atoms. The molecule has 11 heteroatoms. The second-order valence-corrected chi connectivity index (χ2v) is 7.23. The smallest absolute Gasteiger partial charge is 0.422 e. The summed E-state index contributed by atoms with van der Waals surface area (Å²) in [5.41, 5.74) is 6.88. The summed E-state index contributed by atoms with van der Waals surface area (Å²) in [6.07, 6.45) is -2.62. The molecule has 29 heavy (non-hydrogen) atoms. The predicted molar refractivity (Wildman–Crippen MR) is 106 cm³/mol. The normalized spacial score (nSPS) is 15.5. The van der Waals surface area contributed by atoms with Gasteiger partial charge in [-0.25, -0.2) is 9.98 Å². The topological polar surface area (TPSA) is 76.2 Å². The quantitative estimate of drug-likeness (QED) is 0.562. The summed E-state index contributed by atoms with van der Waals surface area (Å²) in [4.78, 5) is 12.9. The Balaban J connectivity index is 1.56. The van der Waals surface area contributed by atoms with E-state index in [-0.39, 0.29) is 18.0 Å². The number of anilines is 1. The molecule has 0 spiro atoms. The number of piperazine rings is 1. The van der Waals surface area contributed by atoms with Gasteiger partial charge in [-0.3, -0.25) is 0 Å². The number of nitrogens with two attached hydrogens (primary N) is 1. The highest BCUT2D eigenvalue weighted by Crippen LogP contribution is 2.30. The van der Waals surface area contributed by atoms with Crippen LogP contribution in [-0.2, 0) is 6.54 Å². The lowest BCUT2D eigenvalue weighted by Gasteiger charge is -2.35. The van der Waals surface area contributed by atoms with Gasteiger partial charge in [-0.2, -0.15) is 13.2 Å². The van der Waals surface area contributed by atoms with Crippen molar-refractivity contribution in [1.82, 2.24) is 9.88 Å². The number of halogens is 3. The van der Waals surface area contributed by atoms with Crippen LogP contribution < -0.4 is 20.1 Å². The zero-order valence-electron chi connectivity index (χ0n) is 15.9. The van der Waals surface area contributed by atoms with Gasteiger partial charge in [0.25, 0.3) is 0 Å². The molecular weight excluding hydrogens is 407 g/mol. The van der Waals surface area contributed by atoms with Crippen LogP contribution in [0.15, 0.2) is 34.8 Å². The summed E-state index contributed by atoms with van der Waals surface area (Å²) in [6, 6.07) is 4.69. The summed E-state index contributed by atoms with van der Waals surface area (Å²) in [6.45, 7) is 2.01. The number of nitrogens with zero attached hydrogens (tertiary/aromatic N) is 4. The molecule has 0 amide bonds. The number of aliphatic imine (C=N–C) groups is 1. The van der Waals surface area contributed by atoms with Gasteiger partial charge in [0.2, 0.25) is 0 Å². The number of ether oxygens (including phenoxy) is 2. The van der Waals surface area contributed by atoms with Crippen LogP contribution in [0.25, 0.3) is 0 Å².